The standard InChI is InChI=1S/C29H25N5O2S/c1-20-9-7-12-22(17-20)31-27(35)19-37-29-33-32-26(34(29)23-13-3-2-4-14-23)18-30-28(36)25-16-8-11-21-10-5-6-15-24(21)25/h2-17H,18-19H2,1H3,(H,30,36)(H,31,35). The van der Waals surface area contributed by atoms with E-state index in [0.29, 0.717) is 16.5 Å². The summed E-state index contributed by atoms with van der Waals surface area (Å²) in [5, 5.41) is 17.0. The van der Waals surface area contributed by atoms with Crippen LogP contribution in [-0.2, 0) is 11.3 Å². The van der Waals surface area contributed by atoms with Crippen molar-refractivity contribution in [2.24, 2.45) is 0 Å². The third kappa shape index (κ3) is 5.70. The minimum atomic E-state index is -0.189. The van der Waals surface area contributed by atoms with Gasteiger partial charge in [0.15, 0.2) is 11.0 Å². The van der Waals surface area contributed by atoms with Crippen molar-refractivity contribution < 1.29 is 9.59 Å². The molecule has 0 saturated carbocycles. The molecule has 37 heavy (non-hydrogen) atoms. The lowest BCUT2D eigenvalue weighted by Gasteiger charge is -2.12. The molecule has 0 spiro atoms. The summed E-state index contributed by atoms with van der Waals surface area (Å²) in [6.45, 7) is 2.16. The van der Waals surface area contributed by atoms with Gasteiger partial charge in [0.1, 0.15) is 0 Å². The molecule has 5 rings (SSSR count). The van der Waals surface area contributed by atoms with Crippen LogP contribution in [0.2, 0.25) is 0 Å². The van der Waals surface area contributed by atoms with E-state index in [1.807, 2.05) is 109 Å². The molecule has 2 N–H and O–H groups in total. The molecule has 2 amide bonds. The summed E-state index contributed by atoms with van der Waals surface area (Å²) in [4.78, 5) is 25.7. The Bertz CT molecular complexity index is 1560. The second-order valence-electron chi connectivity index (χ2n) is 8.49. The maximum atomic E-state index is 13.1. The molecule has 0 saturated heterocycles. The largest absolute Gasteiger partial charge is 0.345 e. The number of benzene rings is 4. The van der Waals surface area contributed by atoms with Crippen LogP contribution in [0.15, 0.2) is 102 Å². The second kappa shape index (κ2) is 11.1. The van der Waals surface area contributed by atoms with Gasteiger partial charge in [0.25, 0.3) is 5.91 Å². The average Bonchev–Trinajstić information content (AvgIpc) is 3.33. The molecule has 8 heteroatoms. The molecule has 0 unspecified atom stereocenters. The van der Waals surface area contributed by atoms with Gasteiger partial charge in [0.05, 0.1) is 12.3 Å². The molecule has 0 aliphatic heterocycles. The Labute approximate surface area is 218 Å². The minimum absolute atomic E-state index is 0.135. The maximum Gasteiger partial charge on any atom is 0.252 e. The molecule has 1 aromatic heterocycles. The summed E-state index contributed by atoms with van der Waals surface area (Å²) in [7, 11) is 0. The molecule has 0 radical (unpaired) electrons. The molecular weight excluding hydrogens is 482 g/mol. The van der Waals surface area contributed by atoms with Crippen molar-refractivity contribution in [2.75, 3.05) is 11.1 Å². The zero-order valence-corrected chi connectivity index (χ0v) is 21.0. The van der Waals surface area contributed by atoms with Crippen molar-refractivity contribution in [2.45, 2.75) is 18.6 Å². The highest BCUT2D eigenvalue weighted by atomic mass is 32.2. The highest BCUT2D eigenvalue weighted by Gasteiger charge is 2.17. The van der Waals surface area contributed by atoms with Gasteiger partial charge in [0.2, 0.25) is 5.91 Å². The van der Waals surface area contributed by atoms with Crippen LogP contribution in [0.5, 0.6) is 0 Å². The summed E-state index contributed by atoms with van der Waals surface area (Å²) >= 11 is 1.29. The predicted molar refractivity (Wildman–Crippen MR) is 147 cm³/mol. The Morgan fingerprint density at radius 1 is 0.865 bits per heavy atom. The highest BCUT2D eigenvalue weighted by Crippen LogP contribution is 2.23. The molecule has 0 aliphatic carbocycles. The summed E-state index contributed by atoms with van der Waals surface area (Å²) in [6.07, 6.45) is 0. The van der Waals surface area contributed by atoms with Gasteiger partial charge in [-0.3, -0.25) is 14.2 Å². The quantitative estimate of drug-likeness (QED) is 0.275. The third-order valence-electron chi connectivity index (χ3n) is 5.79. The summed E-state index contributed by atoms with van der Waals surface area (Å²) in [5.41, 5.74) is 3.28. The van der Waals surface area contributed by atoms with Crippen molar-refractivity contribution in [3.63, 3.8) is 0 Å². The van der Waals surface area contributed by atoms with E-state index in [1.54, 1.807) is 0 Å². The highest BCUT2D eigenvalue weighted by molar-refractivity contribution is 7.99. The van der Waals surface area contributed by atoms with Crippen LogP contribution >= 0.6 is 11.8 Å². The lowest BCUT2D eigenvalue weighted by atomic mass is 10.0. The number of hydrogen-bond acceptors (Lipinski definition) is 5. The Hall–Kier alpha value is -4.43. The molecule has 7 nitrogen and oxygen atoms in total. The molecule has 4 aromatic carbocycles. The number of amides is 2. The van der Waals surface area contributed by atoms with Crippen molar-refractivity contribution in [1.29, 1.82) is 0 Å². The van der Waals surface area contributed by atoms with Gasteiger partial charge in [-0.2, -0.15) is 0 Å². The van der Waals surface area contributed by atoms with Crippen LogP contribution in [0.4, 0.5) is 5.69 Å². The number of anilines is 1. The predicted octanol–water partition coefficient (Wildman–Crippen LogP) is 5.39. The SMILES string of the molecule is Cc1cccc(NC(=O)CSc2nnc(CNC(=O)c3cccc4ccccc34)n2-c2ccccc2)c1. The van der Waals surface area contributed by atoms with Gasteiger partial charge in [-0.15, -0.1) is 10.2 Å². The van der Waals surface area contributed by atoms with Crippen molar-refractivity contribution in [3.05, 3.63) is 114 Å². The van der Waals surface area contributed by atoms with E-state index in [2.05, 4.69) is 20.8 Å². The van der Waals surface area contributed by atoms with E-state index in [9.17, 15) is 9.59 Å². The number of nitrogens with zero attached hydrogens (tertiary/aromatic N) is 3. The number of nitrogens with one attached hydrogen (secondary N) is 2. The lowest BCUT2D eigenvalue weighted by molar-refractivity contribution is -0.113. The first-order valence-corrected chi connectivity index (χ1v) is 12.8. The van der Waals surface area contributed by atoms with Gasteiger partial charge < -0.3 is 10.6 Å². The second-order valence-corrected chi connectivity index (χ2v) is 9.43. The van der Waals surface area contributed by atoms with Crippen LogP contribution in [0.25, 0.3) is 16.5 Å². The maximum absolute atomic E-state index is 13.1. The lowest BCUT2D eigenvalue weighted by Crippen LogP contribution is -2.25. The average molecular weight is 508 g/mol. The Kier molecular flexibility index (Phi) is 7.28. The van der Waals surface area contributed by atoms with Crippen LogP contribution < -0.4 is 10.6 Å². The fourth-order valence-electron chi connectivity index (χ4n) is 4.07. The third-order valence-corrected chi connectivity index (χ3v) is 6.72. The number of carbonyl (C=O) groups excluding carboxylic acids is 2. The molecule has 0 aliphatic rings. The topological polar surface area (TPSA) is 88.9 Å². The van der Waals surface area contributed by atoms with Gasteiger partial charge in [-0.05, 0) is 53.6 Å². The first-order valence-electron chi connectivity index (χ1n) is 11.8. The molecule has 0 bridgehead atoms. The zero-order chi connectivity index (χ0) is 25.6. The first kappa shape index (κ1) is 24.3. The number of rotatable bonds is 8. The van der Waals surface area contributed by atoms with E-state index in [-0.39, 0.29) is 24.1 Å². The van der Waals surface area contributed by atoms with E-state index >= 15 is 0 Å². The van der Waals surface area contributed by atoms with Crippen molar-refractivity contribution in [1.82, 2.24) is 20.1 Å². The smallest absolute Gasteiger partial charge is 0.252 e. The number of aromatic nitrogens is 3. The molecule has 184 valence electrons. The summed E-state index contributed by atoms with van der Waals surface area (Å²) in [6, 6.07) is 30.8. The number of thioether (sulfide) groups is 1. The molecule has 0 atom stereocenters. The van der Waals surface area contributed by atoms with Gasteiger partial charge >= 0.3 is 0 Å². The fraction of sp³-hybridized carbons (Fsp3) is 0.103. The van der Waals surface area contributed by atoms with Gasteiger partial charge in [-0.1, -0.05) is 78.5 Å². The molecular formula is C29H25N5O2S. The number of para-hydroxylation sites is 1. The van der Waals surface area contributed by atoms with E-state index in [1.165, 1.54) is 11.8 Å². The molecule has 0 fully saturated rings. The summed E-state index contributed by atoms with van der Waals surface area (Å²) < 4.78 is 1.87. The number of carbonyl (C=O) groups is 2. The van der Waals surface area contributed by atoms with Gasteiger partial charge in [0, 0.05) is 16.9 Å². The van der Waals surface area contributed by atoms with E-state index in [4.69, 9.17) is 0 Å². The number of hydrogen-bond donors (Lipinski definition) is 2. The zero-order valence-electron chi connectivity index (χ0n) is 20.2. The normalized spacial score (nSPS) is 10.8. The van der Waals surface area contributed by atoms with Crippen molar-refractivity contribution in [3.8, 4) is 5.69 Å². The van der Waals surface area contributed by atoms with E-state index in [0.717, 1.165) is 27.7 Å². The number of fused-ring (bicyclic) bond motifs is 1. The first-order chi connectivity index (χ1) is 18.1. The van der Waals surface area contributed by atoms with Crippen LogP contribution in [-0.4, -0.2) is 32.3 Å². The minimum Gasteiger partial charge on any atom is -0.345 e. The van der Waals surface area contributed by atoms with Crippen LogP contribution in [0.1, 0.15) is 21.7 Å². The Balaban J connectivity index is 1.33. The summed E-state index contributed by atoms with van der Waals surface area (Å²) in [5.74, 6) is 0.415. The molecule has 1 heterocycles. The van der Waals surface area contributed by atoms with Gasteiger partial charge in [-0.25, -0.2) is 0 Å². The van der Waals surface area contributed by atoms with Crippen LogP contribution in [0.3, 0.4) is 0 Å². The molecule has 5 aromatic rings. The monoisotopic (exact) mass is 507 g/mol. The van der Waals surface area contributed by atoms with Crippen LogP contribution in [0, 0.1) is 6.92 Å². The Morgan fingerprint density at radius 2 is 1.62 bits per heavy atom. The number of aryl methyl sites for hydroxylation is 1. The van der Waals surface area contributed by atoms with Crippen molar-refractivity contribution >= 4 is 40.0 Å². The van der Waals surface area contributed by atoms with E-state index < -0.39 is 0 Å². The fourth-order valence-corrected chi connectivity index (χ4v) is 4.84. The Morgan fingerprint density at radius 3 is 2.46 bits per heavy atom.